The van der Waals surface area contributed by atoms with Gasteiger partial charge in [0.05, 0.1) is 18.1 Å². The molecular weight excluding hydrogens is 200 g/mol. The molecule has 0 amide bonds. The van der Waals surface area contributed by atoms with Gasteiger partial charge < -0.3 is 10.4 Å². The van der Waals surface area contributed by atoms with Gasteiger partial charge in [0.25, 0.3) is 0 Å². The third-order valence-corrected chi connectivity index (χ3v) is 2.94. The summed E-state index contributed by atoms with van der Waals surface area (Å²) < 4.78 is 0. The van der Waals surface area contributed by atoms with Gasteiger partial charge in [-0.25, -0.2) is 0 Å². The minimum atomic E-state index is -0.200. The Morgan fingerprint density at radius 1 is 1.31 bits per heavy atom. The number of nitrogens with zero attached hydrogens (tertiary/aromatic N) is 1. The van der Waals surface area contributed by atoms with E-state index in [1.165, 1.54) is 0 Å². The summed E-state index contributed by atoms with van der Waals surface area (Å²) in [5.41, 5.74) is -0.200. The maximum Gasteiger partial charge on any atom is 0.0683 e. The van der Waals surface area contributed by atoms with Gasteiger partial charge >= 0.3 is 0 Å². The van der Waals surface area contributed by atoms with Crippen LogP contribution in [0.1, 0.15) is 47.0 Å². The van der Waals surface area contributed by atoms with E-state index in [4.69, 9.17) is 10.4 Å². The first kappa shape index (κ1) is 15.4. The number of hydrogen-bond acceptors (Lipinski definition) is 3. The SMILES string of the molecule is CC(C)C(CO)NCCCCC(C)(C)C#N. The van der Waals surface area contributed by atoms with Crippen LogP contribution in [0.2, 0.25) is 0 Å². The molecule has 16 heavy (non-hydrogen) atoms. The van der Waals surface area contributed by atoms with Crippen molar-refractivity contribution >= 4 is 0 Å². The Balaban J connectivity index is 3.58. The molecule has 0 heterocycles. The number of nitrogens with one attached hydrogen (secondary N) is 1. The summed E-state index contributed by atoms with van der Waals surface area (Å²) in [6.07, 6.45) is 3.06. The van der Waals surface area contributed by atoms with E-state index in [0.29, 0.717) is 5.92 Å². The van der Waals surface area contributed by atoms with Crippen molar-refractivity contribution in [3.05, 3.63) is 0 Å². The van der Waals surface area contributed by atoms with Crippen LogP contribution in [-0.4, -0.2) is 24.3 Å². The number of nitriles is 1. The first-order chi connectivity index (χ1) is 7.43. The fourth-order valence-corrected chi connectivity index (χ4v) is 1.55. The van der Waals surface area contributed by atoms with E-state index in [1.54, 1.807) is 0 Å². The van der Waals surface area contributed by atoms with Crippen LogP contribution in [-0.2, 0) is 0 Å². The Morgan fingerprint density at radius 2 is 1.94 bits per heavy atom. The maximum absolute atomic E-state index is 9.11. The van der Waals surface area contributed by atoms with Gasteiger partial charge in [-0.15, -0.1) is 0 Å². The highest BCUT2D eigenvalue weighted by Gasteiger charge is 2.15. The first-order valence-corrected chi connectivity index (χ1v) is 6.18. The monoisotopic (exact) mass is 226 g/mol. The van der Waals surface area contributed by atoms with Crippen LogP contribution in [0.4, 0.5) is 0 Å². The van der Waals surface area contributed by atoms with Crippen LogP contribution < -0.4 is 5.32 Å². The summed E-state index contributed by atoms with van der Waals surface area (Å²) in [6.45, 7) is 9.28. The van der Waals surface area contributed by atoms with Gasteiger partial charge in [0.15, 0.2) is 0 Å². The van der Waals surface area contributed by atoms with Crippen LogP contribution >= 0.6 is 0 Å². The Bertz CT molecular complexity index is 218. The third kappa shape index (κ3) is 6.81. The lowest BCUT2D eigenvalue weighted by atomic mass is 9.89. The zero-order valence-corrected chi connectivity index (χ0v) is 11.1. The molecule has 0 aromatic rings. The van der Waals surface area contributed by atoms with Gasteiger partial charge in [0.1, 0.15) is 0 Å². The summed E-state index contributed by atoms with van der Waals surface area (Å²) in [5.74, 6) is 0.459. The zero-order valence-electron chi connectivity index (χ0n) is 11.1. The largest absolute Gasteiger partial charge is 0.395 e. The molecule has 0 saturated heterocycles. The van der Waals surface area contributed by atoms with E-state index in [2.05, 4.69) is 25.2 Å². The summed E-state index contributed by atoms with van der Waals surface area (Å²) in [6, 6.07) is 2.51. The van der Waals surface area contributed by atoms with Crippen LogP contribution in [0.5, 0.6) is 0 Å². The normalized spacial score (nSPS) is 13.8. The van der Waals surface area contributed by atoms with Crippen molar-refractivity contribution in [2.45, 2.75) is 53.0 Å². The van der Waals surface area contributed by atoms with E-state index >= 15 is 0 Å². The van der Waals surface area contributed by atoms with Gasteiger partial charge in [0, 0.05) is 6.04 Å². The fourth-order valence-electron chi connectivity index (χ4n) is 1.55. The predicted octanol–water partition coefficient (Wildman–Crippen LogP) is 2.31. The number of aliphatic hydroxyl groups is 1. The second kappa shape index (κ2) is 7.65. The van der Waals surface area contributed by atoms with Crippen LogP contribution in [0.15, 0.2) is 0 Å². The second-order valence-corrected chi connectivity index (χ2v) is 5.44. The summed E-state index contributed by atoms with van der Waals surface area (Å²) in [4.78, 5) is 0. The molecule has 0 saturated carbocycles. The van der Waals surface area contributed by atoms with Crippen LogP contribution in [0.3, 0.4) is 0 Å². The summed E-state index contributed by atoms with van der Waals surface area (Å²) in [5, 5.41) is 21.3. The van der Waals surface area contributed by atoms with Gasteiger partial charge in [-0.3, -0.25) is 0 Å². The molecule has 0 spiro atoms. The Labute approximate surface area is 99.9 Å². The minimum Gasteiger partial charge on any atom is -0.395 e. The number of rotatable bonds is 8. The topological polar surface area (TPSA) is 56.0 Å². The van der Waals surface area contributed by atoms with E-state index in [9.17, 15) is 0 Å². The molecule has 0 bridgehead atoms. The van der Waals surface area contributed by atoms with Gasteiger partial charge in [-0.2, -0.15) is 5.26 Å². The molecule has 1 unspecified atom stereocenters. The molecule has 0 aromatic carbocycles. The standard InChI is InChI=1S/C13H26N2O/c1-11(2)12(9-16)15-8-6-5-7-13(3,4)10-14/h11-12,15-16H,5-9H2,1-4H3. The lowest BCUT2D eigenvalue weighted by Gasteiger charge is -2.20. The van der Waals surface area contributed by atoms with Crippen LogP contribution in [0.25, 0.3) is 0 Å². The Hall–Kier alpha value is -0.590. The van der Waals surface area contributed by atoms with Crippen molar-refractivity contribution in [2.75, 3.05) is 13.2 Å². The Morgan fingerprint density at radius 3 is 2.38 bits per heavy atom. The molecule has 0 rings (SSSR count). The highest BCUT2D eigenvalue weighted by Crippen LogP contribution is 2.21. The zero-order chi connectivity index (χ0) is 12.6. The molecule has 0 fully saturated rings. The molecule has 3 heteroatoms. The molecule has 2 N–H and O–H groups in total. The maximum atomic E-state index is 9.11. The van der Waals surface area contributed by atoms with Gasteiger partial charge in [-0.05, 0) is 39.2 Å². The molecule has 3 nitrogen and oxygen atoms in total. The minimum absolute atomic E-state index is 0.196. The third-order valence-electron chi connectivity index (χ3n) is 2.94. The molecule has 0 aliphatic heterocycles. The van der Waals surface area contributed by atoms with E-state index in [0.717, 1.165) is 25.8 Å². The van der Waals surface area contributed by atoms with Crippen molar-refractivity contribution in [1.29, 1.82) is 5.26 Å². The second-order valence-electron chi connectivity index (χ2n) is 5.44. The molecule has 0 aliphatic carbocycles. The highest BCUT2D eigenvalue weighted by atomic mass is 16.3. The van der Waals surface area contributed by atoms with Gasteiger partial charge in [0.2, 0.25) is 0 Å². The molecule has 94 valence electrons. The number of aliphatic hydroxyl groups excluding tert-OH is 1. The lowest BCUT2D eigenvalue weighted by molar-refractivity contribution is 0.210. The average molecular weight is 226 g/mol. The smallest absolute Gasteiger partial charge is 0.0683 e. The first-order valence-electron chi connectivity index (χ1n) is 6.18. The highest BCUT2D eigenvalue weighted by molar-refractivity contribution is 4.91. The van der Waals surface area contributed by atoms with Crippen molar-refractivity contribution in [1.82, 2.24) is 5.32 Å². The van der Waals surface area contributed by atoms with E-state index in [-0.39, 0.29) is 18.1 Å². The van der Waals surface area contributed by atoms with E-state index in [1.807, 2.05) is 13.8 Å². The van der Waals surface area contributed by atoms with Crippen molar-refractivity contribution < 1.29 is 5.11 Å². The summed E-state index contributed by atoms with van der Waals surface area (Å²) >= 11 is 0. The van der Waals surface area contributed by atoms with E-state index < -0.39 is 0 Å². The molecule has 0 radical (unpaired) electrons. The molecule has 0 aromatic heterocycles. The van der Waals surface area contributed by atoms with Crippen LogP contribution in [0, 0.1) is 22.7 Å². The number of hydrogen-bond donors (Lipinski definition) is 2. The van der Waals surface area contributed by atoms with Gasteiger partial charge in [-0.1, -0.05) is 20.3 Å². The van der Waals surface area contributed by atoms with Crippen molar-refractivity contribution in [3.63, 3.8) is 0 Å². The fraction of sp³-hybridized carbons (Fsp3) is 0.923. The number of unbranched alkanes of at least 4 members (excludes halogenated alkanes) is 1. The van der Waals surface area contributed by atoms with Crippen molar-refractivity contribution in [2.24, 2.45) is 11.3 Å². The molecular formula is C13H26N2O. The summed E-state index contributed by atoms with van der Waals surface area (Å²) in [7, 11) is 0. The predicted molar refractivity (Wildman–Crippen MR) is 67.0 cm³/mol. The quantitative estimate of drug-likeness (QED) is 0.624. The lowest BCUT2D eigenvalue weighted by Crippen LogP contribution is -2.37. The molecule has 0 aliphatic rings. The Kier molecular flexibility index (Phi) is 7.36. The van der Waals surface area contributed by atoms with Crippen molar-refractivity contribution in [3.8, 4) is 6.07 Å². The molecule has 1 atom stereocenters. The average Bonchev–Trinajstić information content (AvgIpc) is 2.22.